The van der Waals surface area contributed by atoms with Gasteiger partial charge in [0.05, 0.1) is 12.3 Å². The maximum absolute atomic E-state index is 13.9. The molecule has 2 saturated heterocycles. The summed E-state index contributed by atoms with van der Waals surface area (Å²) in [6, 6.07) is 7.48. The van der Waals surface area contributed by atoms with Gasteiger partial charge in [-0.2, -0.15) is 4.98 Å². The van der Waals surface area contributed by atoms with Crippen LogP contribution in [-0.4, -0.2) is 98.7 Å². The standard InChI is InChI=1S/C30H40N6O7/c1-28(2,3)24-36(27(41)43-29(4,5)6)30(7,19-42-24)23(38)33-14-16-34(17-15-33)25(39)31-22-12-13-35(26(40)32-22)21-10-8-20(18-37)9-11-21/h8-13,18,24H,14-17,19H2,1-7H3,(H,31,32,39,40)/t24-,30+/m1/s1. The third-order valence-electron chi connectivity index (χ3n) is 7.28. The minimum Gasteiger partial charge on any atom is -0.444 e. The highest BCUT2D eigenvalue weighted by Gasteiger charge is 2.57. The molecule has 0 aliphatic carbocycles. The number of nitrogens with zero attached hydrogens (tertiary/aromatic N) is 5. The van der Waals surface area contributed by atoms with Gasteiger partial charge in [0.2, 0.25) is 0 Å². The van der Waals surface area contributed by atoms with E-state index >= 15 is 0 Å². The van der Waals surface area contributed by atoms with Crippen LogP contribution in [-0.2, 0) is 14.3 Å². The lowest BCUT2D eigenvalue weighted by Crippen LogP contribution is -2.64. The van der Waals surface area contributed by atoms with E-state index in [0.717, 1.165) is 0 Å². The monoisotopic (exact) mass is 596 g/mol. The fourth-order valence-corrected chi connectivity index (χ4v) is 5.08. The maximum atomic E-state index is 13.9. The molecule has 0 unspecified atom stereocenters. The van der Waals surface area contributed by atoms with Crippen molar-refractivity contribution in [1.29, 1.82) is 0 Å². The Kier molecular flexibility index (Phi) is 8.68. The summed E-state index contributed by atoms with van der Waals surface area (Å²) in [7, 11) is 0. The van der Waals surface area contributed by atoms with Crippen molar-refractivity contribution in [1.82, 2.24) is 24.3 Å². The van der Waals surface area contributed by atoms with E-state index in [-0.39, 0.29) is 44.5 Å². The predicted octanol–water partition coefficient (Wildman–Crippen LogP) is 3.12. The second-order valence-electron chi connectivity index (χ2n) is 13.0. The van der Waals surface area contributed by atoms with E-state index in [1.807, 2.05) is 20.8 Å². The van der Waals surface area contributed by atoms with E-state index in [4.69, 9.17) is 9.47 Å². The second kappa shape index (κ2) is 11.8. The van der Waals surface area contributed by atoms with Crippen LogP contribution in [0.4, 0.5) is 15.4 Å². The van der Waals surface area contributed by atoms with Crippen LogP contribution in [0.1, 0.15) is 58.8 Å². The quantitative estimate of drug-likeness (QED) is 0.531. The van der Waals surface area contributed by atoms with Gasteiger partial charge in [0.15, 0.2) is 0 Å². The number of aldehydes is 1. The second-order valence-corrected chi connectivity index (χ2v) is 13.0. The Morgan fingerprint density at radius 2 is 1.60 bits per heavy atom. The van der Waals surface area contributed by atoms with Gasteiger partial charge >= 0.3 is 17.8 Å². The maximum Gasteiger partial charge on any atom is 0.413 e. The molecule has 4 rings (SSSR count). The largest absolute Gasteiger partial charge is 0.444 e. The van der Waals surface area contributed by atoms with Gasteiger partial charge in [-0.05, 0) is 58.0 Å². The Balaban J connectivity index is 1.40. The fraction of sp³-hybridized carbons (Fsp3) is 0.533. The Bertz CT molecular complexity index is 1430. The van der Waals surface area contributed by atoms with E-state index < -0.39 is 40.6 Å². The number of benzene rings is 1. The lowest BCUT2D eigenvalue weighted by molar-refractivity contribution is -0.144. The topological polar surface area (TPSA) is 143 Å². The molecule has 3 heterocycles. The summed E-state index contributed by atoms with van der Waals surface area (Å²) < 4.78 is 13.0. The number of urea groups is 1. The minimum atomic E-state index is -1.29. The van der Waals surface area contributed by atoms with Crippen molar-refractivity contribution in [2.45, 2.75) is 65.8 Å². The van der Waals surface area contributed by atoms with Gasteiger partial charge < -0.3 is 19.3 Å². The first kappa shape index (κ1) is 31.7. The van der Waals surface area contributed by atoms with Crippen molar-refractivity contribution >= 4 is 30.1 Å². The number of carbonyl (C=O) groups excluding carboxylic acids is 4. The molecule has 0 radical (unpaired) electrons. The summed E-state index contributed by atoms with van der Waals surface area (Å²) >= 11 is 0. The molecule has 2 aliphatic heterocycles. The van der Waals surface area contributed by atoms with Crippen LogP contribution in [0.15, 0.2) is 41.3 Å². The number of piperazine rings is 1. The number of anilines is 1. The average molecular weight is 597 g/mol. The van der Waals surface area contributed by atoms with Crippen LogP contribution in [0.2, 0.25) is 0 Å². The van der Waals surface area contributed by atoms with Crippen molar-refractivity contribution in [2.75, 3.05) is 38.1 Å². The number of ether oxygens (including phenoxy) is 2. The molecule has 2 atom stereocenters. The van der Waals surface area contributed by atoms with Crippen LogP contribution < -0.4 is 11.0 Å². The highest BCUT2D eigenvalue weighted by atomic mass is 16.6. The minimum absolute atomic E-state index is 0.0200. The first-order chi connectivity index (χ1) is 20.0. The Morgan fingerprint density at radius 3 is 2.14 bits per heavy atom. The summed E-state index contributed by atoms with van der Waals surface area (Å²) in [6.07, 6.45) is 0.917. The molecule has 13 heteroatoms. The van der Waals surface area contributed by atoms with Gasteiger partial charge in [-0.1, -0.05) is 20.8 Å². The molecule has 13 nitrogen and oxygen atoms in total. The number of nitrogens with one attached hydrogen (secondary N) is 1. The first-order valence-electron chi connectivity index (χ1n) is 14.2. The number of hydrogen-bond donors (Lipinski definition) is 1. The van der Waals surface area contributed by atoms with E-state index in [1.54, 1.807) is 56.9 Å². The normalized spacial score (nSPS) is 21.0. The van der Waals surface area contributed by atoms with E-state index in [2.05, 4.69) is 10.3 Å². The van der Waals surface area contributed by atoms with Crippen LogP contribution >= 0.6 is 0 Å². The molecular formula is C30H40N6O7. The lowest BCUT2D eigenvalue weighted by Gasteiger charge is -2.43. The smallest absolute Gasteiger partial charge is 0.413 e. The van der Waals surface area contributed by atoms with Gasteiger partial charge in [0, 0.05) is 43.4 Å². The summed E-state index contributed by atoms with van der Waals surface area (Å²) in [6.45, 7) is 13.8. The number of hydrogen-bond acceptors (Lipinski definition) is 8. The molecule has 0 bridgehead atoms. The van der Waals surface area contributed by atoms with Gasteiger partial charge in [-0.25, -0.2) is 14.4 Å². The van der Waals surface area contributed by atoms with E-state index in [9.17, 15) is 24.0 Å². The van der Waals surface area contributed by atoms with Crippen LogP contribution in [0.5, 0.6) is 0 Å². The molecule has 2 aromatic rings. The molecular weight excluding hydrogens is 556 g/mol. The molecule has 4 amide bonds. The summed E-state index contributed by atoms with van der Waals surface area (Å²) in [5.41, 5.74) is -2.10. The number of rotatable bonds is 4. The zero-order valence-corrected chi connectivity index (χ0v) is 25.7. The van der Waals surface area contributed by atoms with Crippen molar-refractivity contribution in [3.63, 3.8) is 0 Å². The van der Waals surface area contributed by atoms with E-state index in [1.165, 1.54) is 26.6 Å². The van der Waals surface area contributed by atoms with Crippen molar-refractivity contribution in [3.8, 4) is 5.69 Å². The van der Waals surface area contributed by atoms with Crippen molar-refractivity contribution in [2.24, 2.45) is 5.41 Å². The Morgan fingerprint density at radius 1 is 1.00 bits per heavy atom. The number of carbonyl (C=O) groups is 4. The SMILES string of the molecule is CC(C)(C)OC(=O)N1[C@@H](C(C)(C)C)OC[C@@]1(C)C(=O)N1CCN(C(=O)Nc2ccn(-c3ccc(C=O)cc3)c(=O)n2)CC1. The zero-order chi connectivity index (χ0) is 31.7. The van der Waals surface area contributed by atoms with Gasteiger partial charge in [0.25, 0.3) is 5.91 Å². The molecule has 1 aromatic heterocycles. The number of amides is 4. The number of aromatic nitrogens is 2. The fourth-order valence-electron chi connectivity index (χ4n) is 5.08. The molecule has 0 saturated carbocycles. The lowest BCUT2D eigenvalue weighted by atomic mass is 9.91. The van der Waals surface area contributed by atoms with Crippen LogP contribution in [0, 0.1) is 5.41 Å². The molecule has 0 spiro atoms. The Hall–Kier alpha value is -4.26. The third kappa shape index (κ3) is 6.87. The molecule has 232 valence electrons. The zero-order valence-electron chi connectivity index (χ0n) is 25.7. The summed E-state index contributed by atoms with van der Waals surface area (Å²) in [5, 5.41) is 2.65. The van der Waals surface area contributed by atoms with Crippen molar-refractivity contribution < 1.29 is 28.7 Å². The van der Waals surface area contributed by atoms with Gasteiger partial charge in [0.1, 0.15) is 29.5 Å². The highest BCUT2D eigenvalue weighted by Crippen LogP contribution is 2.39. The summed E-state index contributed by atoms with van der Waals surface area (Å²) in [4.78, 5) is 72.2. The average Bonchev–Trinajstić information content (AvgIpc) is 3.31. The predicted molar refractivity (Wildman–Crippen MR) is 158 cm³/mol. The van der Waals surface area contributed by atoms with Gasteiger partial charge in [-0.3, -0.25) is 24.4 Å². The van der Waals surface area contributed by atoms with E-state index in [0.29, 0.717) is 17.5 Å². The molecule has 2 aliphatic rings. The molecule has 1 N–H and O–H groups in total. The Labute approximate surface area is 250 Å². The van der Waals surface area contributed by atoms with Crippen LogP contribution in [0.3, 0.4) is 0 Å². The first-order valence-corrected chi connectivity index (χ1v) is 14.2. The summed E-state index contributed by atoms with van der Waals surface area (Å²) in [5.74, 6) is -0.192. The molecule has 1 aromatic carbocycles. The molecule has 43 heavy (non-hydrogen) atoms. The highest BCUT2D eigenvalue weighted by molar-refractivity contribution is 5.91. The van der Waals surface area contributed by atoms with Crippen molar-refractivity contribution in [3.05, 3.63) is 52.6 Å². The van der Waals surface area contributed by atoms with Crippen LogP contribution in [0.25, 0.3) is 5.69 Å². The van der Waals surface area contributed by atoms with Gasteiger partial charge in [-0.15, -0.1) is 0 Å². The molecule has 2 fully saturated rings. The third-order valence-corrected chi connectivity index (χ3v) is 7.28.